The molecule has 0 bridgehead atoms. The van der Waals surface area contributed by atoms with Crippen molar-refractivity contribution in [2.75, 3.05) is 6.54 Å². The first-order valence-corrected chi connectivity index (χ1v) is 6.61. The number of nitrogens with one attached hydrogen (secondary N) is 1. The highest BCUT2D eigenvalue weighted by Crippen LogP contribution is 2.08. The zero-order valence-corrected chi connectivity index (χ0v) is 12.3. The van der Waals surface area contributed by atoms with Crippen LogP contribution in [0.15, 0.2) is 0 Å². The Labute approximate surface area is 112 Å². The van der Waals surface area contributed by atoms with E-state index in [9.17, 15) is 4.79 Å². The van der Waals surface area contributed by atoms with E-state index in [2.05, 4.69) is 26.1 Å². The van der Waals surface area contributed by atoms with Gasteiger partial charge in [0.05, 0.1) is 0 Å². The summed E-state index contributed by atoms with van der Waals surface area (Å²) in [5.41, 5.74) is 5.41. The molecule has 0 aromatic heterocycles. The zero-order valence-electron chi connectivity index (χ0n) is 11.5. The highest BCUT2D eigenvalue weighted by Gasteiger charge is 2.12. The Kier molecular flexibility index (Phi) is 13.7. The summed E-state index contributed by atoms with van der Waals surface area (Å²) >= 11 is 0. The predicted octanol–water partition coefficient (Wildman–Crippen LogP) is 2.87. The average Bonchev–Trinajstić information content (AvgIpc) is 2.27. The van der Waals surface area contributed by atoms with Crippen molar-refractivity contribution < 1.29 is 4.79 Å². The Bertz CT molecular complexity index is 188. The highest BCUT2D eigenvalue weighted by atomic mass is 35.5. The summed E-state index contributed by atoms with van der Waals surface area (Å²) in [5.74, 6) is 0.752. The number of carbonyl (C=O) groups is 1. The summed E-state index contributed by atoms with van der Waals surface area (Å²) in [5, 5.41) is 3.06. The average molecular weight is 265 g/mol. The molecule has 17 heavy (non-hydrogen) atoms. The molecule has 3 nitrogen and oxygen atoms in total. The smallest absolute Gasteiger partial charge is 0.220 e. The first-order valence-electron chi connectivity index (χ1n) is 6.61. The second kappa shape index (κ2) is 12.2. The van der Waals surface area contributed by atoms with E-state index in [0.717, 1.165) is 38.6 Å². The van der Waals surface area contributed by atoms with E-state index in [1.807, 2.05) is 0 Å². The van der Waals surface area contributed by atoms with Crippen molar-refractivity contribution in [1.82, 2.24) is 5.32 Å². The van der Waals surface area contributed by atoms with Gasteiger partial charge in [0.15, 0.2) is 0 Å². The van der Waals surface area contributed by atoms with Gasteiger partial charge in [-0.3, -0.25) is 4.79 Å². The van der Waals surface area contributed by atoms with E-state index in [-0.39, 0.29) is 18.3 Å². The molecule has 0 aliphatic rings. The summed E-state index contributed by atoms with van der Waals surface area (Å²) in [6.45, 7) is 7.17. The van der Waals surface area contributed by atoms with Gasteiger partial charge in [-0.15, -0.1) is 12.4 Å². The van der Waals surface area contributed by atoms with Crippen LogP contribution in [0.2, 0.25) is 0 Å². The van der Waals surface area contributed by atoms with Gasteiger partial charge in [0, 0.05) is 12.5 Å². The first kappa shape index (κ1) is 19.1. The standard InChI is InChI=1S/C13H28N2O.ClH/c1-4-11(2)12(3)15-13(16)9-7-5-6-8-10-14;/h11-12H,4-10,14H2,1-3H3,(H,15,16);1H. The maximum absolute atomic E-state index is 11.6. The lowest BCUT2D eigenvalue weighted by molar-refractivity contribution is -0.122. The summed E-state index contributed by atoms with van der Waals surface area (Å²) in [6.07, 6.45) is 6.08. The van der Waals surface area contributed by atoms with Crippen molar-refractivity contribution in [3.05, 3.63) is 0 Å². The van der Waals surface area contributed by atoms with Crippen LogP contribution in [-0.2, 0) is 4.79 Å². The minimum Gasteiger partial charge on any atom is -0.353 e. The fourth-order valence-electron chi connectivity index (χ4n) is 1.61. The fraction of sp³-hybridized carbons (Fsp3) is 0.923. The van der Waals surface area contributed by atoms with Crippen LogP contribution in [0.1, 0.15) is 59.3 Å². The van der Waals surface area contributed by atoms with Crippen LogP contribution in [0.5, 0.6) is 0 Å². The molecule has 2 atom stereocenters. The minimum absolute atomic E-state index is 0. The van der Waals surface area contributed by atoms with Crippen LogP contribution < -0.4 is 11.1 Å². The molecule has 0 saturated carbocycles. The predicted molar refractivity (Wildman–Crippen MR) is 76.4 cm³/mol. The van der Waals surface area contributed by atoms with Gasteiger partial charge in [-0.2, -0.15) is 0 Å². The number of carbonyl (C=O) groups excluding carboxylic acids is 1. The van der Waals surface area contributed by atoms with Gasteiger partial charge in [-0.1, -0.05) is 33.1 Å². The van der Waals surface area contributed by atoms with Crippen LogP contribution in [0.3, 0.4) is 0 Å². The molecule has 0 saturated heterocycles. The quantitative estimate of drug-likeness (QED) is 0.629. The molecule has 0 rings (SSSR count). The Morgan fingerprint density at radius 2 is 1.76 bits per heavy atom. The molecule has 1 amide bonds. The van der Waals surface area contributed by atoms with E-state index in [4.69, 9.17) is 5.73 Å². The van der Waals surface area contributed by atoms with Gasteiger partial charge in [0.2, 0.25) is 5.91 Å². The molecule has 4 heteroatoms. The van der Waals surface area contributed by atoms with Crippen molar-refractivity contribution in [3.63, 3.8) is 0 Å². The van der Waals surface area contributed by atoms with E-state index in [1.54, 1.807) is 0 Å². The first-order chi connectivity index (χ1) is 7.61. The Morgan fingerprint density at radius 1 is 1.18 bits per heavy atom. The molecule has 0 aliphatic heterocycles. The SMILES string of the molecule is CCC(C)C(C)NC(=O)CCCCCCN.Cl. The number of hydrogen-bond donors (Lipinski definition) is 2. The third-order valence-corrected chi connectivity index (χ3v) is 3.24. The van der Waals surface area contributed by atoms with E-state index < -0.39 is 0 Å². The van der Waals surface area contributed by atoms with Crippen molar-refractivity contribution in [1.29, 1.82) is 0 Å². The minimum atomic E-state index is 0. The van der Waals surface area contributed by atoms with E-state index in [0.29, 0.717) is 18.4 Å². The highest BCUT2D eigenvalue weighted by molar-refractivity contribution is 5.85. The number of hydrogen-bond acceptors (Lipinski definition) is 2. The molecular weight excluding hydrogens is 236 g/mol. The van der Waals surface area contributed by atoms with Gasteiger partial charge >= 0.3 is 0 Å². The largest absolute Gasteiger partial charge is 0.353 e. The third kappa shape index (κ3) is 10.6. The van der Waals surface area contributed by atoms with Crippen LogP contribution in [0.4, 0.5) is 0 Å². The van der Waals surface area contributed by atoms with Crippen molar-refractivity contribution >= 4 is 18.3 Å². The van der Waals surface area contributed by atoms with Crippen LogP contribution in [0.25, 0.3) is 0 Å². The van der Waals surface area contributed by atoms with Crippen molar-refractivity contribution in [2.24, 2.45) is 11.7 Å². The maximum Gasteiger partial charge on any atom is 0.220 e. The van der Waals surface area contributed by atoms with Gasteiger partial charge in [-0.25, -0.2) is 0 Å². The Hall–Kier alpha value is -0.280. The van der Waals surface area contributed by atoms with Crippen LogP contribution in [0, 0.1) is 5.92 Å². The summed E-state index contributed by atoms with van der Waals surface area (Å²) in [6, 6.07) is 0.293. The molecule has 0 radical (unpaired) electrons. The molecular formula is C13H29ClN2O. The number of nitrogens with two attached hydrogens (primary N) is 1. The molecule has 0 spiro atoms. The molecule has 104 valence electrons. The molecule has 0 aromatic rings. The normalized spacial score (nSPS) is 13.6. The lowest BCUT2D eigenvalue weighted by Gasteiger charge is -2.19. The van der Waals surface area contributed by atoms with Crippen LogP contribution >= 0.6 is 12.4 Å². The topological polar surface area (TPSA) is 55.1 Å². The molecule has 3 N–H and O–H groups in total. The van der Waals surface area contributed by atoms with E-state index >= 15 is 0 Å². The van der Waals surface area contributed by atoms with Gasteiger partial charge in [-0.05, 0) is 32.2 Å². The van der Waals surface area contributed by atoms with Crippen molar-refractivity contribution in [2.45, 2.75) is 65.3 Å². The van der Waals surface area contributed by atoms with Crippen molar-refractivity contribution in [3.8, 4) is 0 Å². The molecule has 0 aliphatic carbocycles. The summed E-state index contributed by atoms with van der Waals surface area (Å²) in [4.78, 5) is 11.6. The van der Waals surface area contributed by atoms with E-state index in [1.165, 1.54) is 0 Å². The third-order valence-electron chi connectivity index (χ3n) is 3.24. The monoisotopic (exact) mass is 264 g/mol. The Balaban J connectivity index is 0. The maximum atomic E-state index is 11.6. The summed E-state index contributed by atoms with van der Waals surface area (Å²) < 4.78 is 0. The number of halogens is 1. The lowest BCUT2D eigenvalue weighted by atomic mass is 10.0. The molecule has 0 fully saturated rings. The number of unbranched alkanes of at least 4 members (excludes halogenated alkanes) is 3. The van der Waals surface area contributed by atoms with Gasteiger partial charge in [0.1, 0.15) is 0 Å². The zero-order chi connectivity index (χ0) is 12.4. The van der Waals surface area contributed by atoms with Crippen LogP contribution in [-0.4, -0.2) is 18.5 Å². The van der Waals surface area contributed by atoms with Gasteiger partial charge in [0.25, 0.3) is 0 Å². The fourth-order valence-corrected chi connectivity index (χ4v) is 1.61. The lowest BCUT2D eigenvalue weighted by Crippen LogP contribution is -2.36. The number of amides is 1. The second-order valence-corrected chi connectivity index (χ2v) is 4.69. The second-order valence-electron chi connectivity index (χ2n) is 4.69. The summed E-state index contributed by atoms with van der Waals surface area (Å²) in [7, 11) is 0. The Morgan fingerprint density at radius 3 is 2.29 bits per heavy atom. The molecule has 0 heterocycles. The van der Waals surface area contributed by atoms with Gasteiger partial charge < -0.3 is 11.1 Å². The molecule has 2 unspecified atom stereocenters. The molecule has 0 aromatic carbocycles. The number of rotatable bonds is 9.